The highest BCUT2D eigenvalue weighted by Crippen LogP contribution is 2.24. The molecule has 0 unspecified atom stereocenters. The van der Waals surface area contributed by atoms with Crippen LogP contribution in [0.25, 0.3) is 5.69 Å². The second-order valence-electron chi connectivity index (χ2n) is 7.00. The van der Waals surface area contributed by atoms with Crippen molar-refractivity contribution in [3.63, 3.8) is 0 Å². The van der Waals surface area contributed by atoms with Gasteiger partial charge in [0.1, 0.15) is 16.5 Å². The van der Waals surface area contributed by atoms with Crippen LogP contribution in [0.2, 0.25) is 5.02 Å². The predicted octanol–water partition coefficient (Wildman–Crippen LogP) is 3.06. The Balaban J connectivity index is 1.50. The lowest BCUT2D eigenvalue weighted by Gasteiger charge is -2.36. The van der Waals surface area contributed by atoms with Crippen LogP contribution in [0.15, 0.2) is 51.8 Å². The Morgan fingerprint density at radius 3 is 2.41 bits per heavy atom. The zero-order valence-electron chi connectivity index (χ0n) is 16.3. The average Bonchev–Trinajstić information content (AvgIpc) is 3.08. The molecule has 1 amide bonds. The molecular weight excluding hydrogens is 392 g/mol. The lowest BCUT2D eigenvalue weighted by Crippen LogP contribution is -2.49. The summed E-state index contributed by atoms with van der Waals surface area (Å²) in [6.45, 7) is 5.81. The Kier molecular flexibility index (Phi) is 5.15. The van der Waals surface area contributed by atoms with Crippen molar-refractivity contribution in [3.8, 4) is 5.69 Å². The van der Waals surface area contributed by atoms with Gasteiger partial charge in [-0.05, 0) is 32.0 Å². The molecule has 0 atom stereocenters. The number of furan rings is 1. The molecule has 1 aliphatic rings. The summed E-state index contributed by atoms with van der Waals surface area (Å²) in [4.78, 5) is 29.2. The maximum Gasteiger partial charge on any atom is 0.292 e. The molecule has 0 spiro atoms. The number of amides is 1. The third kappa shape index (κ3) is 3.65. The average molecular weight is 413 g/mol. The van der Waals surface area contributed by atoms with E-state index in [0.29, 0.717) is 48.9 Å². The van der Waals surface area contributed by atoms with E-state index in [0.717, 1.165) is 5.76 Å². The van der Waals surface area contributed by atoms with Crippen molar-refractivity contribution in [2.45, 2.75) is 13.8 Å². The van der Waals surface area contributed by atoms with Gasteiger partial charge in [-0.1, -0.05) is 29.8 Å². The summed E-state index contributed by atoms with van der Waals surface area (Å²) in [5.74, 6) is 1.32. The predicted molar refractivity (Wildman–Crippen MR) is 111 cm³/mol. The second-order valence-corrected chi connectivity index (χ2v) is 7.38. The van der Waals surface area contributed by atoms with E-state index in [1.807, 2.05) is 30.0 Å². The smallest absolute Gasteiger partial charge is 0.292 e. The number of rotatable bonds is 3. The lowest BCUT2D eigenvalue weighted by atomic mass is 10.2. The number of anilines is 1. The van der Waals surface area contributed by atoms with E-state index in [-0.39, 0.29) is 16.5 Å². The van der Waals surface area contributed by atoms with Gasteiger partial charge in [-0.3, -0.25) is 9.59 Å². The van der Waals surface area contributed by atoms with Crippen molar-refractivity contribution >= 4 is 23.2 Å². The van der Waals surface area contributed by atoms with Gasteiger partial charge in [0.2, 0.25) is 0 Å². The van der Waals surface area contributed by atoms with E-state index in [4.69, 9.17) is 16.0 Å². The number of piperazine rings is 1. The van der Waals surface area contributed by atoms with Gasteiger partial charge in [-0.15, -0.1) is 0 Å². The number of hydrogen-bond donors (Lipinski definition) is 0. The van der Waals surface area contributed by atoms with E-state index in [1.165, 1.54) is 4.68 Å². The van der Waals surface area contributed by atoms with Crippen molar-refractivity contribution in [2.75, 3.05) is 31.1 Å². The third-order valence-corrected chi connectivity index (χ3v) is 5.44. The van der Waals surface area contributed by atoms with Crippen molar-refractivity contribution in [3.05, 3.63) is 75.1 Å². The van der Waals surface area contributed by atoms with E-state index >= 15 is 0 Å². The van der Waals surface area contributed by atoms with Gasteiger partial charge < -0.3 is 14.2 Å². The topological polar surface area (TPSA) is 71.6 Å². The maximum absolute atomic E-state index is 12.8. The van der Waals surface area contributed by atoms with Crippen LogP contribution in [-0.2, 0) is 0 Å². The highest BCUT2D eigenvalue weighted by Gasteiger charge is 2.26. The molecule has 2 aromatic heterocycles. The van der Waals surface area contributed by atoms with Crippen molar-refractivity contribution in [1.82, 2.24) is 14.7 Å². The van der Waals surface area contributed by atoms with Crippen LogP contribution in [0, 0.1) is 13.8 Å². The number of nitrogens with zero attached hydrogens (tertiary/aromatic N) is 4. The molecule has 1 fully saturated rings. The molecule has 29 heavy (non-hydrogen) atoms. The first-order valence-electron chi connectivity index (χ1n) is 9.40. The highest BCUT2D eigenvalue weighted by atomic mass is 35.5. The Morgan fingerprint density at radius 2 is 1.79 bits per heavy atom. The standard InChI is InChI=1S/C21H21ClN4O3/c1-14-12-17(15(2)29-14)20(27)25-10-8-24(9-11-25)18-13-23-26(21(28)19(18)22)16-6-4-3-5-7-16/h3-7,12-13H,8-11H2,1-2H3. The van der Waals surface area contributed by atoms with E-state index in [9.17, 15) is 9.59 Å². The molecule has 0 saturated carbocycles. The fourth-order valence-electron chi connectivity index (χ4n) is 3.56. The highest BCUT2D eigenvalue weighted by molar-refractivity contribution is 6.33. The minimum atomic E-state index is -0.363. The Bertz CT molecular complexity index is 1100. The van der Waals surface area contributed by atoms with Crippen molar-refractivity contribution in [2.24, 2.45) is 0 Å². The monoisotopic (exact) mass is 412 g/mol. The van der Waals surface area contributed by atoms with Crippen LogP contribution >= 0.6 is 11.6 Å². The maximum atomic E-state index is 12.8. The van der Waals surface area contributed by atoms with Gasteiger partial charge in [-0.25, -0.2) is 0 Å². The molecule has 150 valence electrons. The number of hydrogen-bond acceptors (Lipinski definition) is 5. The van der Waals surface area contributed by atoms with Crippen molar-refractivity contribution < 1.29 is 9.21 Å². The summed E-state index contributed by atoms with van der Waals surface area (Å²) in [6.07, 6.45) is 1.61. The van der Waals surface area contributed by atoms with Crippen LogP contribution in [-0.4, -0.2) is 46.8 Å². The van der Waals surface area contributed by atoms with E-state index < -0.39 is 0 Å². The largest absolute Gasteiger partial charge is 0.466 e. The molecule has 7 nitrogen and oxygen atoms in total. The molecule has 0 aliphatic carbocycles. The minimum absolute atomic E-state index is 0.0392. The van der Waals surface area contributed by atoms with Crippen molar-refractivity contribution in [1.29, 1.82) is 0 Å². The quantitative estimate of drug-likeness (QED) is 0.661. The number of benzene rings is 1. The summed E-state index contributed by atoms with van der Waals surface area (Å²) in [5.41, 5.74) is 1.48. The Hall–Kier alpha value is -3.06. The molecule has 0 bridgehead atoms. The first-order chi connectivity index (χ1) is 14.0. The van der Waals surface area contributed by atoms with Crippen LogP contribution in [0.5, 0.6) is 0 Å². The molecule has 3 aromatic rings. The normalized spacial score (nSPS) is 14.3. The van der Waals surface area contributed by atoms with Crippen LogP contribution < -0.4 is 10.5 Å². The van der Waals surface area contributed by atoms with Crippen LogP contribution in [0.4, 0.5) is 5.69 Å². The summed E-state index contributed by atoms with van der Waals surface area (Å²) in [6, 6.07) is 10.9. The SMILES string of the molecule is Cc1cc(C(=O)N2CCN(c3cnn(-c4ccccc4)c(=O)c3Cl)CC2)c(C)o1. The Labute approximate surface area is 173 Å². The first-order valence-corrected chi connectivity index (χ1v) is 9.78. The van der Waals surface area contributed by atoms with Gasteiger partial charge in [0.05, 0.1) is 23.1 Å². The molecule has 4 rings (SSSR count). The molecule has 3 heterocycles. The Morgan fingerprint density at radius 1 is 1.10 bits per heavy atom. The van der Waals surface area contributed by atoms with Gasteiger partial charge in [-0.2, -0.15) is 9.78 Å². The molecular formula is C21H21ClN4O3. The van der Waals surface area contributed by atoms with Gasteiger partial charge >= 0.3 is 0 Å². The number of carbonyl (C=O) groups excluding carboxylic acids is 1. The molecule has 1 saturated heterocycles. The fraction of sp³-hybridized carbons (Fsp3) is 0.286. The number of carbonyl (C=O) groups is 1. The number of aromatic nitrogens is 2. The summed E-state index contributed by atoms with van der Waals surface area (Å²) >= 11 is 6.39. The van der Waals surface area contributed by atoms with Crippen LogP contribution in [0.3, 0.4) is 0 Å². The number of para-hydroxylation sites is 1. The van der Waals surface area contributed by atoms with E-state index in [1.54, 1.807) is 36.2 Å². The molecule has 0 radical (unpaired) electrons. The summed E-state index contributed by atoms with van der Waals surface area (Å²) in [7, 11) is 0. The fourth-order valence-corrected chi connectivity index (χ4v) is 3.81. The van der Waals surface area contributed by atoms with Gasteiger partial charge in [0.25, 0.3) is 11.5 Å². The zero-order valence-corrected chi connectivity index (χ0v) is 17.0. The zero-order chi connectivity index (χ0) is 20.5. The molecule has 1 aliphatic heterocycles. The molecule has 0 N–H and O–H groups in total. The number of aryl methyl sites for hydroxylation is 2. The van der Waals surface area contributed by atoms with Gasteiger partial charge in [0, 0.05) is 26.2 Å². The molecule has 8 heteroatoms. The van der Waals surface area contributed by atoms with Crippen LogP contribution in [0.1, 0.15) is 21.9 Å². The lowest BCUT2D eigenvalue weighted by molar-refractivity contribution is 0.0745. The number of halogens is 1. The minimum Gasteiger partial charge on any atom is -0.466 e. The van der Waals surface area contributed by atoms with Gasteiger partial charge in [0.15, 0.2) is 0 Å². The van der Waals surface area contributed by atoms with E-state index in [2.05, 4.69) is 5.10 Å². The first kappa shape index (κ1) is 19.3. The summed E-state index contributed by atoms with van der Waals surface area (Å²) in [5, 5.41) is 4.42. The second kappa shape index (κ2) is 7.75. The summed E-state index contributed by atoms with van der Waals surface area (Å²) < 4.78 is 6.76. The molecule has 1 aromatic carbocycles. The third-order valence-electron chi connectivity index (χ3n) is 5.08.